The molecule has 1 saturated heterocycles. The van der Waals surface area contributed by atoms with Gasteiger partial charge < -0.3 is 21.3 Å². The van der Waals surface area contributed by atoms with Crippen molar-refractivity contribution in [3.8, 4) is 0 Å². The number of carbonyl (C=O) groups excluding carboxylic acids is 2. The lowest BCUT2D eigenvalue weighted by Gasteiger charge is -2.34. The van der Waals surface area contributed by atoms with Crippen LogP contribution in [0.2, 0.25) is 0 Å². The van der Waals surface area contributed by atoms with Gasteiger partial charge in [-0.3, -0.25) is 9.59 Å². The zero-order valence-electron chi connectivity index (χ0n) is 16.2. The first-order chi connectivity index (χ1) is 13.9. The Labute approximate surface area is 168 Å². The quantitative estimate of drug-likeness (QED) is 0.695. The molecule has 0 spiro atoms. The molecule has 2 aromatic carbocycles. The Balaban J connectivity index is 1.51. The predicted octanol–water partition coefficient (Wildman–Crippen LogP) is 3.24. The van der Waals surface area contributed by atoms with Gasteiger partial charge in [0.25, 0.3) is 5.91 Å². The van der Waals surface area contributed by atoms with Crippen LogP contribution in [0.4, 0.5) is 21.5 Å². The summed E-state index contributed by atoms with van der Waals surface area (Å²) < 4.78 is 13.4. The molecule has 0 saturated carbocycles. The van der Waals surface area contributed by atoms with Gasteiger partial charge in [0.15, 0.2) is 0 Å². The fourth-order valence-corrected chi connectivity index (χ4v) is 3.99. The summed E-state index contributed by atoms with van der Waals surface area (Å²) in [7, 11) is 0. The second kappa shape index (κ2) is 7.58. The Morgan fingerprint density at radius 1 is 1.31 bits per heavy atom. The van der Waals surface area contributed by atoms with E-state index in [9.17, 15) is 14.0 Å². The third-order valence-electron chi connectivity index (χ3n) is 5.51. The normalized spacial score (nSPS) is 19.8. The molecule has 0 aromatic heterocycles. The first-order valence-electron chi connectivity index (χ1n) is 9.65. The number of hydrogen-bond donors (Lipinski definition) is 3. The van der Waals surface area contributed by atoms with E-state index in [0.717, 1.165) is 36.3 Å². The number of amides is 2. The fraction of sp³-hybridized carbons (Fsp3) is 0.273. The van der Waals surface area contributed by atoms with E-state index < -0.39 is 0 Å². The Morgan fingerprint density at radius 2 is 2.14 bits per heavy atom. The van der Waals surface area contributed by atoms with Crippen molar-refractivity contribution in [2.75, 3.05) is 28.6 Å². The number of nitrogens with zero attached hydrogens (tertiary/aromatic N) is 1. The summed E-state index contributed by atoms with van der Waals surface area (Å²) in [5.41, 5.74) is 10.1. The van der Waals surface area contributed by atoms with E-state index in [-0.39, 0.29) is 23.5 Å². The Hall–Kier alpha value is -3.35. The molecule has 2 aliphatic rings. The number of aryl methyl sites for hydroxylation is 1. The van der Waals surface area contributed by atoms with E-state index in [0.29, 0.717) is 23.4 Å². The van der Waals surface area contributed by atoms with Crippen molar-refractivity contribution in [2.45, 2.75) is 19.8 Å². The smallest absolute Gasteiger partial charge is 0.257 e. The maximum Gasteiger partial charge on any atom is 0.257 e. The van der Waals surface area contributed by atoms with Crippen LogP contribution < -0.4 is 21.3 Å². The zero-order valence-corrected chi connectivity index (χ0v) is 16.2. The molecule has 1 fully saturated rings. The van der Waals surface area contributed by atoms with E-state index in [2.05, 4.69) is 15.5 Å². The average Bonchev–Trinajstić information content (AvgIpc) is 3.00. The number of rotatable bonds is 4. The number of primary amides is 1. The Morgan fingerprint density at radius 3 is 2.90 bits per heavy atom. The van der Waals surface area contributed by atoms with Crippen molar-refractivity contribution in [3.05, 3.63) is 59.5 Å². The standard InChI is InChI=1S/C22H23FN4O2/c1-13-9-16(5-7-20(13)27-8-2-3-14(12-27)21(24)28)25-11-18-17-6-4-15(23)10-19(17)26-22(18)29/h4-7,9-11,14,25H,2-3,8,12H2,1H3,(H2,24,28)(H,26,29)/b18-11-. The highest BCUT2D eigenvalue weighted by atomic mass is 19.1. The minimum absolute atomic E-state index is 0.114. The van der Waals surface area contributed by atoms with E-state index in [1.807, 2.05) is 25.1 Å². The second-order valence-corrected chi connectivity index (χ2v) is 7.54. The topological polar surface area (TPSA) is 87.5 Å². The van der Waals surface area contributed by atoms with Crippen LogP contribution in [-0.4, -0.2) is 24.9 Å². The van der Waals surface area contributed by atoms with Gasteiger partial charge in [0.1, 0.15) is 5.82 Å². The number of hydrogen-bond acceptors (Lipinski definition) is 4. The molecule has 1 atom stereocenters. The van der Waals surface area contributed by atoms with Gasteiger partial charge in [-0.2, -0.15) is 0 Å². The summed E-state index contributed by atoms with van der Waals surface area (Å²) in [6.45, 7) is 3.55. The third-order valence-corrected chi connectivity index (χ3v) is 5.51. The van der Waals surface area contributed by atoms with E-state index in [1.54, 1.807) is 12.3 Å². The highest BCUT2D eigenvalue weighted by Crippen LogP contribution is 2.33. The van der Waals surface area contributed by atoms with Crippen LogP contribution in [0.25, 0.3) is 5.57 Å². The SMILES string of the molecule is Cc1cc(N/C=C2\C(=O)Nc3cc(F)ccc32)ccc1N1CCCC(C(N)=O)C1. The molecule has 1 unspecified atom stereocenters. The van der Waals surface area contributed by atoms with Crippen molar-refractivity contribution in [2.24, 2.45) is 11.7 Å². The van der Waals surface area contributed by atoms with Gasteiger partial charge in [-0.25, -0.2) is 4.39 Å². The molecule has 2 aliphatic heterocycles. The zero-order chi connectivity index (χ0) is 20.5. The molecule has 0 bridgehead atoms. The lowest BCUT2D eigenvalue weighted by atomic mass is 9.96. The maximum absolute atomic E-state index is 13.4. The Kier molecular flexibility index (Phi) is 4.96. The van der Waals surface area contributed by atoms with Crippen LogP contribution in [0, 0.1) is 18.7 Å². The molecule has 150 valence electrons. The van der Waals surface area contributed by atoms with Crippen molar-refractivity contribution in [1.29, 1.82) is 0 Å². The van der Waals surface area contributed by atoms with Gasteiger partial charge >= 0.3 is 0 Å². The molecule has 0 aliphatic carbocycles. The van der Waals surface area contributed by atoms with Gasteiger partial charge in [0, 0.05) is 36.2 Å². The van der Waals surface area contributed by atoms with Crippen molar-refractivity contribution in [1.82, 2.24) is 0 Å². The number of benzene rings is 2. The average molecular weight is 394 g/mol. The van der Waals surface area contributed by atoms with E-state index in [4.69, 9.17) is 5.73 Å². The summed E-state index contributed by atoms with van der Waals surface area (Å²) in [5, 5.41) is 5.83. The summed E-state index contributed by atoms with van der Waals surface area (Å²) in [6, 6.07) is 10.2. The molecule has 2 aromatic rings. The lowest BCUT2D eigenvalue weighted by Crippen LogP contribution is -2.41. The molecule has 2 amide bonds. The fourth-order valence-electron chi connectivity index (χ4n) is 3.99. The Bertz CT molecular complexity index is 1020. The molecule has 4 N–H and O–H groups in total. The van der Waals surface area contributed by atoms with Crippen molar-refractivity contribution >= 4 is 34.4 Å². The minimum atomic E-state index is -0.388. The van der Waals surface area contributed by atoms with Crippen LogP contribution in [0.15, 0.2) is 42.6 Å². The monoisotopic (exact) mass is 394 g/mol. The molecular weight excluding hydrogens is 371 g/mol. The number of carbonyl (C=O) groups is 2. The molecule has 0 radical (unpaired) electrons. The molecular formula is C22H23FN4O2. The molecule has 6 nitrogen and oxygen atoms in total. The highest BCUT2D eigenvalue weighted by molar-refractivity contribution is 6.31. The van der Waals surface area contributed by atoms with Crippen LogP contribution in [0.5, 0.6) is 0 Å². The number of halogens is 1. The number of piperidine rings is 1. The first kappa shape index (κ1) is 19.0. The maximum atomic E-state index is 13.4. The summed E-state index contributed by atoms with van der Waals surface area (Å²) >= 11 is 0. The van der Waals surface area contributed by atoms with E-state index in [1.165, 1.54) is 12.1 Å². The predicted molar refractivity (Wildman–Crippen MR) is 112 cm³/mol. The largest absolute Gasteiger partial charge is 0.371 e. The van der Waals surface area contributed by atoms with Crippen LogP contribution >= 0.6 is 0 Å². The van der Waals surface area contributed by atoms with Gasteiger partial charge in [-0.15, -0.1) is 0 Å². The number of fused-ring (bicyclic) bond motifs is 1. The van der Waals surface area contributed by atoms with Gasteiger partial charge in [-0.05, 0) is 61.7 Å². The third kappa shape index (κ3) is 3.81. The van der Waals surface area contributed by atoms with Gasteiger partial charge in [0.2, 0.25) is 5.91 Å². The summed E-state index contributed by atoms with van der Waals surface area (Å²) in [6.07, 6.45) is 3.41. The van der Waals surface area contributed by atoms with Crippen LogP contribution in [0.1, 0.15) is 24.0 Å². The molecule has 2 heterocycles. The second-order valence-electron chi connectivity index (χ2n) is 7.54. The minimum Gasteiger partial charge on any atom is -0.371 e. The highest BCUT2D eigenvalue weighted by Gasteiger charge is 2.26. The van der Waals surface area contributed by atoms with Gasteiger partial charge in [-0.1, -0.05) is 0 Å². The van der Waals surface area contributed by atoms with Crippen molar-refractivity contribution < 1.29 is 14.0 Å². The van der Waals surface area contributed by atoms with Gasteiger partial charge in [0.05, 0.1) is 17.2 Å². The van der Waals surface area contributed by atoms with Crippen LogP contribution in [0.3, 0.4) is 0 Å². The first-order valence-corrected chi connectivity index (χ1v) is 9.65. The number of anilines is 3. The van der Waals surface area contributed by atoms with E-state index >= 15 is 0 Å². The molecule has 4 rings (SSSR count). The molecule has 7 heteroatoms. The van der Waals surface area contributed by atoms with Crippen molar-refractivity contribution in [3.63, 3.8) is 0 Å². The van der Waals surface area contributed by atoms with Crippen LogP contribution in [-0.2, 0) is 9.59 Å². The summed E-state index contributed by atoms with van der Waals surface area (Å²) in [4.78, 5) is 25.9. The molecule has 29 heavy (non-hydrogen) atoms. The number of nitrogens with two attached hydrogens (primary N) is 1. The lowest BCUT2D eigenvalue weighted by molar-refractivity contribution is -0.122. The number of nitrogens with one attached hydrogen (secondary N) is 2. The summed E-state index contributed by atoms with van der Waals surface area (Å²) in [5.74, 6) is -1.01.